The number of aromatic nitrogens is 1. The van der Waals surface area contributed by atoms with E-state index in [1.165, 1.54) is 44.7 Å². The summed E-state index contributed by atoms with van der Waals surface area (Å²) in [6.45, 7) is 14.4. The SMILES string of the molecule is C/C=C\[C@@H]1[C@@H](COC)C(=O)O[C@H]([C@@H](COC)O[Si](CC)(CC)CC)[C@H](C)/C=C(\C)[C@]12O[C@@H]1C[C@H]2[C@H](O)[C@@H](COC)[C@H]1OC(=O)c1cccn1S(=O)(=O)c1ccc(C)cc1. The lowest BCUT2D eigenvalue weighted by Crippen LogP contribution is -2.55. The minimum absolute atomic E-state index is 0.000538. The zero-order valence-corrected chi connectivity index (χ0v) is 38.1. The van der Waals surface area contributed by atoms with E-state index in [0.717, 1.165) is 33.2 Å². The van der Waals surface area contributed by atoms with Crippen LogP contribution in [0.25, 0.3) is 0 Å². The van der Waals surface area contributed by atoms with E-state index in [2.05, 4.69) is 26.8 Å². The molecule has 2 aliphatic heterocycles. The molecule has 3 aliphatic rings. The van der Waals surface area contributed by atoms with Crippen molar-refractivity contribution < 1.29 is 56.0 Å². The summed E-state index contributed by atoms with van der Waals surface area (Å²) in [4.78, 5) is 28.8. The Kier molecular flexibility index (Phi) is 15.7. The smallest absolute Gasteiger partial charge is 0.356 e. The molecule has 0 unspecified atom stereocenters. The normalized spacial score (nSPS) is 31.6. The van der Waals surface area contributed by atoms with Crippen LogP contribution in [-0.2, 0) is 47.7 Å². The standard InChI is InChI=1S/C44H65NO12SSi/c1-11-16-34-32(25-51-8)42(47)54-40(38(27-53-10)57-59(12-2,13-3)14-4)29(6)23-30(7)44(34)35-24-37(56-44)41(33(26-52-9)39(35)46)55-43(48)36-17-15-22-45(36)58(49,50)31-20-18-28(5)19-21-31/h11,15-23,29,32-35,37-41,46H,12-14,24-27H2,1-10H3/b16-11-,30-23+/t29-,32-,33-,34-,35+,37-,38-,39-,40+,41-,44+/m1/s1. The predicted molar refractivity (Wildman–Crippen MR) is 225 cm³/mol. The van der Waals surface area contributed by atoms with Crippen LogP contribution in [0.3, 0.4) is 0 Å². The molecule has 0 amide bonds. The van der Waals surface area contributed by atoms with Gasteiger partial charge in [0, 0.05) is 51.2 Å². The summed E-state index contributed by atoms with van der Waals surface area (Å²) in [7, 11) is -1.70. The fourth-order valence-electron chi connectivity index (χ4n) is 9.76. The molecule has 2 bridgehead atoms. The minimum atomic E-state index is -4.15. The van der Waals surface area contributed by atoms with Crippen LogP contribution >= 0.6 is 0 Å². The second-order valence-electron chi connectivity index (χ2n) is 16.4. The van der Waals surface area contributed by atoms with E-state index < -0.39 is 90.1 Å². The van der Waals surface area contributed by atoms with Gasteiger partial charge in [0.25, 0.3) is 10.0 Å². The summed E-state index contributed by atoms with van der Waals surface area (Å²) < 4.78 is 72.5. The molecule has 1 aromatic heterocycles. The van der Waals surface area contributed by atoms with E-state index in [1.807, 2.05) is 39.8 Å². The van der Waals surface area contributed by atoms with Gasteiger partial charge in [0.2, 0.25) is 0 Å². The number of hydrogen-bond donors (Lipinski definition) is 1. The van der Waals surface area contributed by atoms with Crippen molar-refractivity contribution in [3.05, 3.63) is 77.7 Å². The van der Waals surface area contributed by atoms with Gasteiger partial charge in [0.1, 0.15) is 29.6 Å². The van der Waals surface area contributed by atoms with Gasteiger partial charge in [-0.2, -0.15) is 0 Å². The van der Waals surface area contributed by atoms with Crippen LogP contribution in [0.4, 0.5) is 0 Å². The van der Waals surface area contributed by atoms with Crippen molar-refractivity contribution in [1.82, 2.24) is 3.97 Å². The number of carbonyl (C=O) groups excluding carboxylic acids is 2. The molecule has 13 nitrogen and oxygen atoms in total. The van der Waals surface area contributed by atoms with Crippen molar-refractivity contribution in [1.29, 1.82) is 0 Å². The fourth-order valence-corrected chi connectivity index (χ4v) is 13.9. The molecule has 59 heavy (non-hydrogen) atoms. The summed E-state index contributed by atoms with van der Waals surface area (Å²) in [5.74, 6) is -4.64. The number of nitrogens with zero attached hydrogens (tertiary/aromatic N) is 1. The molecule has 15 heteroatoms. The summed E-state index contributed by atoms with van der Waals surface area (Å²) >= 11 is 0. The van der Waals surface area contributed by atoms with Crippen LogP contribution < -0.4 is 0 Å². The number of ether oxygens (including phenoxy) is 6. The van der Waals surface area contributed by atoms with Crippen LogP contribution in [0, 0.1) is 36.5 Å². The van der Waals surface area contributed by atoms with Crippen LogP contribution in [0.15, 0.2) is 71.3 Å². The molecule has 2 fully saturated rings. The Morgan fingerprint density at radius 2 is 1.69 bits per heavy atom. The third kappa shape index (κ3) is 9.09. The highest BCUT2D eigenvalue weighted by Gasteiger charge is 2.66. The van der Waals surface area contributed by atoms with Crippen LogP contribution in [0.1, 0.15) is 64.0 Å². The monoisotopic (exact) mass is 859 g/mol. The molecule has 328 valence electrons. The number of rotatable bonds is 17. The molecule has 1 aliphatic carbocycles. The molecule has 11 atom stereocenters. The van der Waals surface area contributed by atoms with Gasteiger partial charge < -0.3 is 38.0 Å². The molecule has 1 N–H and O–H groups in total. The molecule has 1 saturated carbocycles. The number of fused-ring (bicyclic) bond motifs is 3. The fraction of sp³-hybridized carbons (Fsp3) is 0.636. The Morgan fingerprint density at radius 1 is 1.03 bits per heavy atom. The van der Waals surface area contributed by atoms with E-state index in [0.29, 0.717) is 0 Å². The van der Waals surface area contributed by atoms with Gasteiger partial charge in [-0.3, -0.25) is 4.79 Å². The van der Waals surface area contributed by atoms with Gasteiger partial charge in [-0.05, 0) is 75.2 Å². The van der Waals surface area contributed by atoms with Gasteiger partial charge in [-0.15, -0.1) is 0 Å². The molecule has 2 aromatic rings. The van der Waals surface area contributed by atoms with Crippen molar-refractivity contribution in [2.75, 3.05) is 41.2 Å². The molecular formula is C44H65NO12SSi. The number of methoxy groups -OCH3 is 3. The zero-order chi connectivity index (χ0) is 43.3. The first kappa shape index (κ1) is 46.9. The Hall–Kier alpha value is -3.15. The molecule has 3 heterocycles. The van der Waals surface area contributed by atoms with Crippen molar-refractivity contribution in [2.24, 2.45) is 29.6 Å². The number of aliphatic hydroxyl groups is 1. The van der Waals surface area contributed by atoms with Crippen molar-refractivity contribution in [3.63, 3.8) is 0 Å². The largest absolute Gasteiger partial charge is 0.459 e. The van der Waals surface area contributed by atoms with E-state index in [-0.39, 0.29) is 42.7 Å². The maximum absolute atomic E-state index is 14.7. The number of allylic oxidation sites excluding steroid dienone is 1. The van der Waals surface area contributed by atoms with Gasteiger partial charge >= 0.3 is 11.9 Å². The number of hydrogen-bond acceptors (Lipinski definition) is 12. The van der Waals surface area contributed by atoms with Crippen LogP contribution in [0.5, 0.6) is 0 Å². The van der Waals surface area contributed by atoms with Crippen molar-refractivity contribution in [3.8, 4) is 0 Å². The lowest BCUT2D eigenvalue weighted by atomic mass is 9.62. The summed E-state index contributed by atoms with van der Waals surface area (Å²) in [5, 5.41) is 12.5. The molecule has 1 aromatic carbocycles. The Morgan fingerprint density at radius 3 is 2.29 bits per heavy atom. The van der Waals surface area contributed by atoms with Gasteiger partial charge in [0.15, 0.2) is 8.32 Å². The number of benzene rings is 1. The van der Waals surface area contributed by atoms with Gasteiger partial charge in [-0.25, -0.2) is 17.2 Å². The number of carbonyl (C=O) groups is 2. The van der Waals surface area contributed by atoms with E-state index >= 15 is 0 Å². The maximum Gasteiger partial charge on any atom is 0.356 e. The molecule has 5 rings (SSSR count). The third-order valence-electron chi connectivity index (χ3n) is 13.0. The Balaban J connectivity index is 1.59. The van der Waals surface area contributed by atoms with Crippen LogP contribution in [0.2, 0.25) is 18.1 Å². The maximum atomic E-state index is 14.7. The lowest BCUT2D eigenvalue weighted by Gasteiger charge is -2.45. The average Bonchev–Trinajstić information content (AvgIpc) is 3.87. The van der Waals surface area contributed by atoms with Crippen LogP contribution in [-0.4, -0.2) is 115 Å². The molecular weight excluding hydrogens is 795 g/mol. The molecule has 1 spiro atoms. The van der Waals surface area contributed by atoms with E-state index in [1.54, 1.807) is 19.2 Å². The van der Waals surface area contributed by atoms with E-state index in [9.17, 15) is 23.1 Å². The average molecular weight is 860 g/mol. The van der Waals surface area contributed by atoms with Crippen molar-refractivity contribution >= 4 is 30.3 Å². The first-order valence-corrected chi connectivity index (χ1v) is 24.8. The Labute approximate surface area is 351 Å². The molecule has 1 saturated heterocycles. The number of aryl methyl sites for hydroxylation is 1. The van der Waals surface area contributed by atoms with Gasteiger partial charge in [0.05, 0.1) is 42.8 Å². The first-order chi connectivity index (χ1) is 28.1. The highest BCUT2D eigenvalue weighted by Crippen LogP contribution is 2.57. The minimum Gasteiger partial charge on any atom is -0.459 e. The number of cyclic esters (lactones) is 1. The van der Waals surface area contributed by atoms with Crippen molar-refractivity contribution in [2.45, 2.75) is 114 Å². The second kappa shape index (κ2) is 19.7. The summed E-state index contributed by atoms with van der Waals surface area (Å²) in [6.07, 6.45) is 3.24. The lowest BCUT2D eigenvalue weighted by molar-refractivity contribution is -0.172. The third-order valence-corrected chi connectivity index (χ3v) is 19.4. The first-order valence-electron chi connectivity index (χ1n) is 20.9. The topological polar surface area (TPSA) is 158 Å². The molecule has 0 radical (unpaired) electrons. The number of esters is 2. The van der Waals surface area contributed by atoms with Gasteiger partial charge in [-0.1, -0.05) is 63.6 Å². The van der Waals surface area contributed by atoms with E-state index in [4.69, 9.17) is 32.8 Å². The zero-order valence-electron chi connectivity index (χ0n) is 36.3. The second-order valence-corrected chi connectivity index (χ2v) is 22.9. The number of aliphatic hydroxyl groups excluding tert-OH is 1. The Bertz CT molecular complexity index is 1900. The quantitative estimate of drug-likeness (QED) is 0.107. The summed E-state index contributed by atoms with van der Waals surface area (Å²) in [6, 6.07) is 11.9. The highest BCUT2D eigenvalue weighted by atomic mass is 32.2. The predicted octanol–water partition coefficient (Wildman–Crippen LogP) is 6.34. The highest BCUT2D eigenvalue weighted by molar-refractivity contribution is 7.90. The summed E-state index contributed by atoms with van der Waals surface area (Å²) in [5.41, 5.74) is 0.189.